The number of nitrogens with zero attached hydrogens (tertiary/aromatic N) is 1. The van der Waals surface area contributed by atoms with E-state index in [1.165, 1.54) is 6.21 Å². The summed E-state index contributed by atoms with van der Waals surface area (Å²) in [4.78, 5) is 0. The van der Waals surface area contributed by atoms with E-state index >= 15 is 0 Å². The highest BCUT2D eigenvalue weighted by molar-refractivity contribution is 6.28. The molecule has 0 fully saturated rings. The summed E-state index contributed by atoms with van der Waals surface area (Å²) >= 11 is 0. The van der Waals surface area contributed by atoms with Gasteiger partial charge < -0.3 is 11.3 Å². The van der Waals surface area contributed by atoms with Crippen molar-refractivity contribution in [1.29, 1.82) is 5.41 Å². The van der Waals surface area contributed by atoms with Crippen LogP contribution in [0.5, 0.6) is 0 Å². The SMILES string of the molecule is CC(C)CC(=N)/C=N\N. The minimum atomic E-state index is 0.493. The smallest absolute Gasteiger partial charge is 0.0673 e. The Kier molecular flexibility index (Phi) is 3.67. The molecule has 0 saturated carbocycles. The van der Waals surface area contributed by atoms with Gasteiger partial charge in [-0.15, -0.1) is 0 Å². The first-order valence-corrected chi connectivity index (χ1v) is 2.97. The van der Waals surface area contributed by atoms with E-state index in [0.717, 1.165) is 6.42 Å². The van der Waals surface area contributed by atoms with E-state index in [4.69, 9.17) is 11.3 Å². The van der Waals surface area contributed by atoms with E-state index in [2.05, 4.69) is 18.9 Å². The molecule has 0 aliphatic heterocycles. The average molecular weight is 127 g/mol. The Morgan fingerprint density at radius 1 is 1.78 bits per heavy atom. The molecule has 0 spiro atoms. The lowest BCUT2D eigenvalue weighted by molar-refractivity contribution is 0.685. The lowest BCUT2D eigenvalue weighted by atomic mass is 10.1. The van der Waals surface area contributed by atoms with Crippen LogP contribution in [0.25, 0.3) is 0 Å². The molecule has 52 valence electrons. The van der Waals surface area contributed by atoms with Gasteiger partial charge in [0.15, 0.2) is 0 Å². The maximum atomic E-state index is 7.19. The molecular weight excluding hydrogens is 114 g/mol. The standard InChI is InChI=1S/C6H13N3/c1-5(2)3-6(7)4-9-8/h4-5,7H,3,8H2,1-2H3/b7-6?,9-4-. The van der Waals surface area contributed by atoms with Crippen LogP contribution in [0.3, 0.4) is 0 Å². The number of nitrogens with one attached hydrogen (secondary N) is 1. The third-order valence-corrected chi connectivity index (χ3v) is 0.859. The molecule has 9 heavy (non-hydrogen) atoms. The van der Waals surface area contributed by atoms with Gasteiger partial charge in [-0.1, -0.05) is 13.8 Å². The van der Waals surface area contributed by atoms with Crippen molar-refractivity contribution in [3.63, 3.8) is 0 Å². The Morgan fingerprint density at radius 2 is 2.33 bits per heavy atom. The molecule has 0 heterocycles. The molecule has 0 aliphatic rings. The molecule has 0 saturated heterocycles. The van der Waals surface area contributed by atoms with Gasteiger partial charge in [0.2, 0.25) is 0 Å². The highest BCUT2D eigenvalue weighted by atomic mass is 15.1. The third-order valence-electron chi connectivity index (χ3n) is 0.859. The third kappa shape index (κ3) is 5.00. The van der Waals surface area contributed by atoms with Crippen LogP contribution < -0.4 is 5.84 Å². The van der Waals surface area contributed by atoms with Crippen LogP contribution >= 0.6 is 0 Å². The highest BCUT2D eigenvalue weighted by Gasteiger charge is 1.95. The molecule has 0 aliphatic carbocycles. The van der Waals surface area contributed by atoms with Gasteiger partial charge in [-0.3, -0.25) is 0 Å². The van der Waals surface area contributed by atoms with Crippen molar-refractivity contribution in [2.24, 2.45) is 16.9 Å². The van der Waals surface area contributed by atoms with Gasteiger partial charge in [0, 0.05) is 0 Å². The molecule has 0 unspecified atom stereocenters. The van der Waals surface area contributed by atoms with Crippen molar-refractivity contribution in [1.82, 2.24) is 0 Å². The molecule has 0 bridgehead atoms. The van der Waals surface area contributed by atoms with Crippen molar-refractivity contribution >= 4 is 11.9 Å². The average Bonchev–Trinajstić information content (AvgIpc) is 1.63. The summed E-state index contributed by atoms with van der Waals surface area (Å²) in [5, 5.41) is 10.4. The van der Waals surface area contributed by atoms with E-state index < -0.39 is 0 Å². The second-order valence-electron chi connectivity index (χ2n) is 2.40. The predicted molar refractivity (Wildman–Crippen MR) is 39.9 cm³/mol. The maximum absolute atomic E-state index is 7.19. The quantitative estimate of drug-likeness (QED) is 0.331. The van der Waals surface area contributed by atoms with E-state index in [9.17, 15) is 0 Å². The van der Waals surface area contributed by atoms with E-state index in [0.29, 0.717) is 11.6 Å². The zero-order chi connectivity index (χ0) is 7.28. The monoisotopic (exact) mass is 127 g/mol. The largest absolute Gasteiger partial charge is 0.323 e. The molecule has 3 N–H and O–H groups in total. The zero-order valence-electron chi connectivity index (χ0n) is 5.89. The van der Waals surface area contributed by atoms with Crippen LogP contribution in [0.4, 0.5) is 0 Å². The number of hydrazone groups is 1. The fraction of sp³-hybridized carbons (Fsp3) is 0.667. The van der Waals surface area contributed by atoms with Gasteiger partial charge in [-0.25, -0.2) is 0 Å². The van der Waals surface area contributed by atoms with Crippen molar-refractivity contribution in [3.8, 4) is 0 Å². The summed E-state index contributed by atoms with van der Waals surface area (Å²) in [6.07, 6.45) is 2.13. The summed E-state index contributed by atoms with van der Waals surface area (Å²) in [5.41, 5.74) is 0.493. The lowest BCUT2D eigenvalue weighted by Crippen LogP contribution is -2.03. The van der Waals surface area contributed by atoms with Crippen molar-refractivity contribution in [2.45, 2.75) is 20.3 Å². The van der Waals surface area contributed by atoms with Crippen LogP contribution in [-0.4, -0.2) is 11.9 Å². The second kappa shape index (κ2) is 4.06. The molecule has 3 heteroatoms. The highest BCUT2D eigenvalue weighted by Crippen LogP contribution is 1.97. The molecule has 0 atom stereocenters. The molecule has 0 radical (unpaired) electrons. The molecule has 3 nitrogen and oxygen atoms in total. The van der Waals surface area contributed by atoms with Gasteiger partial charge in [-0.2, -0.15) is 5.10 Å². The van der Waals surface area contributed by atoms with Crippen LogP contribution in [0, 0.1) is 11.3 Å². The van der Waals surface area contributed by atoms with Gasteiger partial charge in [0.1, 0.15) is 0 Å². The molecule has 0 aromatic heterocycles. The minimum absolute atomic E-state index is 0.493. The Hall–Kier alpha value is -0.860. The molecule has 0 amide bonds. The summed E-state index contributed by atoms with van der Waals surface area (Å²) in [6, 6.07) is 0. The first-order valence-electron chi connectivity index (χ1n) is 2.97. The van der Waals surface area contributed by atoms with Crippen molar-refractivity contribution < 1.29 is 0 Å². The predicted octanol–water partition coefficient (Wildman–Crippen LogP) is 0.997. The van der Waals surface area contributed by atoms with Crippen molar-refractivity contribution in [2.75, 3.05) is 0 Å². The van der Waals surface area contributed by atoms with Gasteiger partial charge >= 0.3 is 0 Å². The normalized spacial score (nSPS) is 11.0. The maximum Gasteiger partial charge on any atom is 0.0673 e. The molecule has 0 aromatic rings. The van der Waals surface area contributed by atoms with Crippen molar-refractivity contribution in [3.05, 3.63) is 0 Å². The van der Waals surface area contributed by atoms with Gasteiger partial charge in [0.25, 0.3) is 0 Å². The Bertz CT molecular complexity index is 115. The number of rotatable bonds is 3. The first-order chi connectivity index (χ1) is 4.16. The fourth-order valence-corrected chi connectivity index (χ4v) is 0.583. The number of hydrogen-bond donors (Lipinski definition) is 2. The molecule has 0 aromatic carbocycles. The molecular formula is C6H13N3. The summed E-state index contributed by atoms with van der Waals surface area (Å²) in [5.74, 6) is 5.34. The number of nitrogens with two attached hydrogens (primary N) is 1. The van der Waals surface area contributed by atoms with Gasteiger partial charge in [0.05, 0.1) is 11.9 Å². The zero-order valence-corrected chi connectivity index (χ0v) is 5.89. The topological polar surface area (TPSA) is 62.2 Å². The van der Waals surface area contributed by atoms with E-state index in [1.54, 1.807) is 0 Å². The summed E-state index contributed by atoms with van der Waals surface area (Å²) in [6.45, 7) is 4.11. The Labute approximate surface area is 55.5 Å². The Morgan fingerprint density at radius 3 is 2.67 bits per heavy atom. The van der Waals surface area contributed by atoms with Crippen LogP contribution in [0.1, 0.15) is 20.3 Å². The second-order valence-corrected chi connectivity index (χ2v) is 2.40. The minimum Gasteiger partial charge on any atom is -0.323 e. The van der Waals surface area contributed by atoms with Crippen LogP contribution in [0.15, 0.2) is 5.10 Å². The summed E-state index contributed by atoms with van der Waals surface area (Å²) in [7, 11) is 0. The van der Waals surface area contributed by atoms with Gasteiger partial charge in [-0.05, 0) is 12.3 Å². The Balaban J connectivity index is 3.51. The number of hydrogen-bond acceptors (Lipinski definition) is 3. The van der Waals surface area contributed by atoms with Crippen LogP contribution in [-0.2, 0) is 0 Å². The van der Waals surface area contributed by atoms with Crippen LogP contribution in [0.2, 0.25) is 0 Å². The van der Waals surface area contributed by atoms with E-state index in [1.807, 2.05) is 0 Å². The fourth-order valence-electron chi connectivity index (χ4n) is 0.583. The lowest BCUT2D eigenvalue weighted by Gasteiger charge is -1.99. The summed E-state index contributed by atoms with van der Waals surface area (Å²) < 4.78 is 0. The molecule has 0 rings (SSSR count). The first kappa shape index (κ1) is 8.14. The van der Waals surface area contributed by atoms with E-state index in [-0.39, 0.29) is 0 Å².